The Bertz CT molecular complexity index is 2920. The lowest BCUT2D eigenvalue weighted by molar-refractivity contribution is -0.254. The van der Waals surface area contributed by atoms with Gasteiger partial charge in [0.05, 0.1) is 97.0 Å². The fourth-order valence-electron chi connectivity index (χ4n) is 11.1. The molecule has 5 aliphatic heterocycles. The number of nitrogens with zero attached hydrogens (tertiary/aromatic N) is 16. The van der Waals surface area contributed by atoms with E-state index in [1.807, 2.05) is 0 Å². The van der Waals surface area contributed by atoms with Gasteiger partial charge in [0.1, 0.15) is 120 Å². The molecule has 0 saturated carbocycles. The van der Waals surface area contributed by atoms with Gasteiger partial charge in [-0.05, 0) is 12.8 Å². The van der Waals surface area contributed by atoms with Gasteiger partial charge in [-0.2, -0.15) is 0 Å². The van der Waals surface area contributed by atoms with Gasteiger partial charge in [0.2, 0.25) is 17.7 Å². The van der Waals surface area contributed by atoms with Gasteiger partial charge in [-0.3, -0.25) is 28.9 Å². The number of nitrogens with one attached hydrogen (secondary N) is 1. The number of ether oxygens (including phenoxy) is 4. The molecule has 17 N–H and O–H groups in total. The van der Waals surface area contributed by atoms with Crippen LogP contribution in [0.15, 0.2) is 24.8 Å². The minimum atomic E-state index is -1.84. The smallest absolute Gasteiger partial charge is 0.333 e. The van der Waals surface area contributed by atoms with E-state index in [1.54, 1.807) is 0 Å². The number of aliphatic hydroxyl groups is 16. The number of imide groups is 1. The van der Waals surface area contributed by atoms with Crippen molar-refractivity contribution in [2.45, 2.75) is 187 Å². The first-order valence-electron chi connectivity index (χ1n) is 30.3. The largest absolute Gasteiger partial charge is 0.394 e. The van der Waals surface area contributed by atoms with Crippen LogP contribution in [-0.4, -0.2) is 347 Å². The van der Waals surface area contributed by atoms with Crippen molar-refractivity contribution in [3.8, 4) is 0 Å². The average molecular weight is 1370 g/mol. The monoisotopic (exact) mass is 1370 g/mol. The highest BCUT2D eigenvalue weighted by Crippen LogP contribution is 2.32. The van der Waals surface area contributed by atoms with E-state index in [-0.39, 0.29) is 61.4 Å². The minimum absolute atomic E-state index is 0.0343. The van der Waals surface area contributed by atoms with Gasteiger partial charge in [0.15, 0.2) is 24.9 Å². The van der Waals surface area contributed by atoms with E-state index in [0.29, 0.717) is 11.5 Å². The molecular weight excluding hydrogens is 1290 g/mol. The van der Waals surface area contributed by atoms with E-state index in [9.17, 15) is 101 Å². The number of amides is 5. The molecule has 5 saturated heterocycles. The van der Waals surface area contributed by atoms with Crippen molar-refractivity contribution < 1.29 is 134 Å². The first-order valence-corrected chi connectivity index (χ1v) is 30.3. The van der Waals surface area contributed by atoms with E-state index in [1.165, 1.54) is 24.8 Å². The third-order valence-corrected chi connectivity index (χ3v) is 16.5. The average Bonchev–Trinajstić information content (AvgIpc) is 1.53. The lowest BCUT2D eigenvalue weighted by Crippen LogP contribution is -2.56. The van der Waals surface area contributed by atoms with Gasteiger partial charge >= 0.3 is 5.97 Å². The van der Waals surface area contributed by atoms with Gasteiger partial charge in [-0.25, -0.2) is 23.5 Å². The number of hydrogen-bond acceptors (Lipinski definition) is 36. The van der Waals surface area contributed by atoms with Crippen LogP contribution in [0.3, 0.4) is 0 Å². The summed E-state index contributed by atoms with van der Waals surface area (Å²) in [5.74, 6) is -4.74. The second-order valence-electron chi connectivity index (χ2n) is 23.5. The first-order chi connectivity index (χ1) is 45.8. The number of hydrogen-bond donors (Lipinski definition) is 17. The van der Waals surface area contributed by atoms with Crippen molar-refractivity contribution in [1.29, 1.82) is 0 Å². The van der Waals surface area contributed by atoms with Gasteiger partial charge in [0.25, 0.3) is 11.8 Å². The molecule has 5 amide bonds. The zero-order valence-corrected chi connectivity index (χ0v) is 50.9. The van der Waals surface area contributed by atoms with Gasteiger partial charge in [-0.15, -0.1) is 25.5 Å². The van der Waals surface area contributed by atoms with E-state index in [0.717, 1.165) is 33.4 Å². The summed E-state index contributed by atoms with van der Waals surface area (Å²) in [4.78, 5) is 88.7. The van der Waals surface area contributed by atoms with Crippen LogP contribution in [0.4, 0.5) is 0 Å². The number of unbranched alkanes of at least 4 members (excludes halogenated alkanes) is 2. The molecule has 0 radical (unpaired) electrons. The molecule has 44 nitrogen and oxygen atoms in total. The van der Waals surface area contributed by atoms with Crippen molar-refractivity contribution >= 4 is 35.5 Å². The third-order valence-electron chi connectivity index (χ3n) is 16.5. The molecule has 0 spiro atoms. The van der Waals surface area contributed by atoms with Gasteiger partial charge in [0, 0.05) is 25.8 Å². The molecule has 20 atom stereocenters. The molecule has 5 aliphatic rings. The SMILES string of the molecule is O=C(CN(CC(=O)N(Cc1cn([C@H]2O[C@H](CO)[C@@H](O)[C@H](O)[C@@H]2O)nn1)Cc1cn([C@H]2O[C@H](CO)[C@@H](O)[C@H](O)[C@@H]2O)nn1)CC(=O)N(Cc1cn([C@H]2O[C@H](CO)[C@@H](O)[C@H](O)[C@@H]2O)nn1)Cc1cn([C@H]2O[C@H](CO)[C@@H](O)[C@H](O)[C@@H]2O)nn1)NCCCCCC(=O)ON1C(=O)CCC1=O. The maximum atomic E-state index is 15.1. The Labute approximate surface area is 541 Å². The van der Waals surface area contributed by atoms with Crippen molar-refractivity contribution in [1.82, 2.24) is 85.1 Å². The summed E-state index contributed by atoms with van der Waals surface area (Å²) in [6.07, 6.45) is -28.3. The maximum Gasteiger partial charge on any atom is 0.333 e. The van der Waals surface area contributed by atoms with Crippen LogP contribution in [0.25, 0.3) is 0 Å². The topological polar surface area (TPSA) is 620 Å². The minimum Gasteiger partial charge on any atom is -0.394 e. The standard InChI is InChI=1S/C52H77N17O27/c70-19-27-37(80)41(84)45(88)49(92-27)65-12-23(54-58-65)8-63(9-24-13-66(59-55-24)50-46(89)42(85)38(81)28(20-71)93-50)34(77)17-62(16-31(74)53-7-3-1-2-4-36(79)96-69-32(75)5-6-33(69)76)18-35(78)64(10-25-14-67(60-56-25)51-47(90)43(86)39(82)29(21-72)94-51)11-26-15-68(61-57-26)52-48(91)44(87)40(83)30(22-73)95-52/h12-15,27-30,37-52,70-73,80-91H,1-11,16-22H2,(H,53,74)/t27-,28-,29-,30-,37-,38-,39-,40-,41+,42+,43+,44+,45+,46+,47+,48+,49+,50+,51+,52+/m1/s1. The van der Waals surface area contributed by atoms with E-state index in [4.69, 9.17) is 23.8 Å². The van der Waals surface area contributed by atoms with Crippen molar-refractivity contribution in [2.75, 3.05) is 52.6 Å². The number of carbonyl (C=O) groups excluding carboxylic acids is 6. The van der Waals surface area contributed by atoms with Crippen molar-refractivity contribution in [2.24, 2.45) is 0 Å². The number of hydroxylamine groups is 2. The summed E-state index contributed by atoms with van der Waals surface area (Å²) in [6.45, 7) is -7.74. The second-order valence-corrected chi connectivity index (χ2v) is 23.5. The molecule has 0 unspecified atom stereocenters. The van der Waals surface area contributed by atoms with Crippen LogP contribution < -0.4 is 5.32 Å². The summed E-state index contributed by atoms with van der Waals surface area (Å²) >= 11 is 0. The summed E-state index contributed by atoms with van der Waals surface area (Å²) in [7, 11) is 0. The van der Waals surface area contributed by atoms with Crippen LogP contribution in [-0.2, 0) is 78.7 Å². The Morgan fingerprint density at radius 1 is 0.448 bits per heavy atom. The van der Waals surface area contributed by atoms with Crippen molar-refractivity contribution in [3.05, 3.63) is 47.6 Å². The van der Waals surface area contributed by atoms with Crippen molar-refractivity contribution in [3.63, 3.8) is 0 Å². The van der Waals surface area contributed by atoms with Gasteiger partial charge < -0.3 is 121 Å². The van der Waals surface area contributed by atoms with E-state index in [2.05, 4.69) is 46.6 Å². The molecule has 9 rings (SSSR count). The molecule has 0 aromatic carbocycles. The van der Waals surface area contributed by atoms with Crippen LogP contribution in [0.5, 0.6) is 0 Å². The molecule has 5 fully saturated rings. The lowest BCUT2D eigenvalue weighted by Gasteiger charge is -2.39. The molecular formula is C52H77N17O27. The molecule has 0 bridgehead atoms. The molecule has 9 heterocycles. The molecule has 0 aliphatic carbocycles. The first kappa shape index (κ1) is 73.0. The summed E-state index contributed by atoms with van der Waals surface area (Å²) in [5.41, 5.74) is -0.248. The Balaban J connectivity index is 1.000. The molecule has 4 aromatic rings. The third kappa shape index (κ3) is 16.8. The fourth-order valence-corrected chi connectivity index (χ4v) is 11.1. The van der Waals surface area contributed by atoms with Crippen LogP contribution in [0.2, 0.25) is 0 Å². The Kier molecular flexibility index (Phi) is 24.6. The predicted octanol–water partition coefficient (Wildman–Crippen LogP) is -12.7. The number of aliphatic hydroxyl groups excluding tert-OH is 16. The molecule has 4 aromatic heterocycles. The van der Waals surface area contributed by atoms with E-state index >= 15 is 9.59 Å². The highest BCUT2D eigenvalue weighted by molar-refractivity contribution is 6.01. The zero-order valence-electron chi connectivity index (χ0n) is 50.9. The number of carbonyl (C=O) groups is 6. The Morgan fingerprint density at radius 3 is 1.06 bits per heavy atom. The summed E-state index contributed by atoms with van der Waals surface area (Å²) in [6, 6.07) is 0. The fraction of sp³-hybridized carbons (Fsp3) is 0.731. The summed E-state index contributed by atoms with van der Waals surface area (Å²) < 4.78 is 26.3. The quantitative estimate of drug-likeness (QED) is 0.0177. The number of rotatable bonds is 29. The molecule has 532 valence electrons. The van der Waals surface area contributed by atoms with E-state index < -0.39 is 230 Å². The van der Waals surface area contributed by atoms with Gasteiger partial charge in [-0.1, -0.05) is 27.3 Å². The Morgan fingerprint density at radius 2 is 0.760 bits per heavy atom. The normalized spacial score (nSPS) is 31.8. The highest BCUT2D eigenvalue weighted by Gasteiger charge is 2.49. The lowest BCUT2D eigenvalue weighted by atomic mass is 9.98. The molecule has 96 heavy (non-hydrogen) atoms. The predicted molar refractivity (Wildman–Crippen MR) is 300 cm³/mol. The highest BCUT2D eigenvalue weighted by atomic mass is 16.7. The second kappa shape index (κ2) is 32.4. The maximum absolute atomic E-state index is 15.1. The van der Waals surface area contributed by atoms with Crippen LogP contribution in [0.1, 0.15) is 86.2 Å². The summed E-state index contributed by atoms with van der Waals surface area (Å²) in [5, 5.41) is 202. The van der Waals surface area contributed by atoms with Crippen LogP contribution >= 0.6 is 0 Å². The Hall–Kier alpha value is -7.26. The zero-order chi connectivity index (χ0) is 69.4. The number of aromatic nitrogens is 12. The van der Waals surface area contributed by atoms with Crippen LogP contribution in [0, 0.1) is 0 Å². The molecule has 44 heteroatoms.